The first-order valence-electron chi connectivity index (χ1n) is 7.74. The van der Waals surface area contributed by atoms with E-state index < -0.39 is 6.29 Å². The molecule has 1 aliphatic rings. The molecule has 0 radical (unpaired) electrons. The number of H-pyrrole nitrogens is 1. The van der Waals surface area contributed by atoms with E-state index >= 15 is 0 Å². The van der Waals surface area contributed by atoms with Crippen LogP contribution in [0.2, 0.25) is 0 Å². The van der Waals surface area contributed by atoms with Crippen molar-refractivity contribution in [1.29, 1.82) is 0 Å². The number of aromatic hydroxyl groups is 1. The van der Waals surface area contributed by atoms with Gasteiger partial charge >= 0.3 is 5.69 Å². The van der Waals surface area contributed by atoms with Gasteiger partial charge in [0, 0.05) is 18.5 Å². The van der Waals surface area contributed by atoms with E-state index in [1.54, 1.807) is 0 Å². The second-order valence-electron chi connectivity index (χ2n) is 5.53. The lowest BCUT2D eigenvalue weighted by Gasteiger charge is -2.10. The molecule has 1 aliphatic heterocycles. The van der Waals surface area contributed by atoms with Crippen LogP contribution in [0.15, 0.2) is 41.6 Å². The molecule has 3 rings (SSSR count). The standard InChI is InChI=1S/C17H20N2O4/c1-2-3-8-19-15(20)14(18-17(19)21)11-12-4-6-13(7-5-12)16-22-9-10-23-16/h4-7,9-10,16,20H,2-3,8,11H2,1H3,(H,18,21). The zero-order valence-electron chi connectivity index (χ0n) is 13.0. The van der Waals surface area contributed by atoms with E-state index in [0.29, 0.717) is 18.7 Å². The lowest BCUT2D eigenvalue weighted by molar-refractivity contribution is -0.0246. The Hall–Kier alpha value is -2.63. The maximum absolute atomic E-state index is 11.9. The second-order valence-corrected chi connectivity index (χ2v) is 5.53. The van der Waals surface area contributed by atoms with E-state index in [9.17, 15) is 9.90 Å². The fraction of sp³-hybridized carbons (Fsp3) is 0.353. The van der Waals surface area contributed by atoms with Gasteiger partial charge in [0.1, 0.15) is 12.5 Å². The van der Waals surface area contributed by atoms with Gasteiger partial charge in [-0.25, -0.2) is 4.79 Å². The van der Waals surface area contributed by atoms with E-state index in [1.807, 2.05) is 31.2 Å². The summed E-state index contributed by atoms with van der Waals surface area (Å²) in [6.45, 7) is 2.57. The highest BCUT2D eigenvalue weighted by Gasteiger charge is 2.16. The molecule has 0 fully saturated rings. The highest BCUT2D eigenvalue weighted by Crippen LogP contribution is 2.25. The number of hydrogen-bond acceptors (Lipinski definition) is 4. The summed E-state index contributed by atoms with van der Waals surface area (Å²) in [5.41, 5.74) is 2.17. The molecular formula is C17H20N2O4. The summed E-state index contributed by atoms with van der Waals surface area (Å²) in [4.78, 5) is 14.6. The number of ether oxygens (including phenoxy) is 2. The van der Waals surface area contributed by atoms with Crippen molar-refractivity contribution in [2.24, 2.45) is 0 Å². The molecule has 122 valence electrons. The van der Waals surface area contributed by atoms with Crippen molar-refractivity contribution in [2.45, 2.75) is 39.0 Å². The van der Waals surface area contributed by atoms with Gasteiger partial charge in [0.05, 0.1) is 5.69 Å². The van der Waals surface area contributed by atoms with Gasteiger partial charge in [-0.05, 0) is 12.0 Å². The largest absolute Gasteiger partial charge is 0.493 e. The molecule has 2 heterocycles. The Morgan fingerprint density at radius 1 is 1.22 bits per heavy atom. The summed E-state index contributed by atoms with van der Waals surface area (Å²) in [7, 11) is 0. The first-order valence-corrected chi connectivity index (χ1v) is 7.74. The number of unbranched alkanes of at least 4 members (excludes halogenated alkanes) is 1. The van der Waals surface area contributed by atoms with Gasteiger partial charge < -0.3 is 19.6 Å². The smallest absolute Gasteiger partial charge is 0.328 e. The third-order valence-corrected chi connectivity index (χ3v) is 3.86. The lowest BCUT2D eigenvalue weighted by Crippen LogP contribution is -2.16. The fourth-order valence-corrected chi connectivity index (χ4v) is 2.55. The first-order chi connectivity index (χ1) is 11.2. The van der Waals surface area contributed by atoms with Crippen molar-refractivity contribution >= 4 is 0 Å². The number of aromatic nitrogens is 2. The van der Waals surface area contributed by atoms with Crippen LogP contribution in [-0.4, -0.2) is 14.7 Å². The number of nitrogens with zero attached hydrogens (tertiary/aromatic N) is 1. The van der Waals surface area contributed by atoms with Gasteiger partial charge in [0.25, 0.3) is 6.29 Å². The van der Waals surface area contributed by atoms with Gasteiger partial charge in [-0.2, -0.15) is 0 Å². The van der Waals surface area contributed by atoms with Crippen molar-refractivity contribution in [3.05, 3.63) is 64.1 Å². The Morgan fingerprint density at radius 3 is 2.57 bits per heavy atom. The molecular weight excluding hydrogens is 296 g/mol. The number of imidazole rings is 1. The molecule has 0 bridgehead atoms. The molecule has 0 aliphatic carbocycles. The molecule has 6 heteroatoms. The first kappa shape index (κ1) is 15.3. The minimum atomic E-state index is -0.396. The van der Waals surface area contributed by atoms with Crippen molar-refractivity contribution < 1.29 is 14.6 Å². The molecule has 0 spiro atoms. The quantitative estimate of drug-likeness (QED) is 0.859. The van der Waals surface area contributed by atoms with Gasteiger partial charge in [-0.3, -0.25) is 4.57 Å². The van der Waals surface area contributed by atoms with Crippen LogP contribution in [-0.2, 0) is 22.4 Å². The van der Waals surface area contributed by atoms with E-state index in [-0.39, 0.29) is 11.6 Å². The minimum Gasteiger partial charge on any atom is -0.493 e. The predicted molar refractivity (Wildman–Crippen MR) is 84.9 cm³/mol. The van der Waals surface area contributed by atoms with Gasteiger partial charge in [-0.15, -0.1) is 0 Å². The zero-order valence-corrected chi connectivity index (χ0v) is 13.0. The average molecular weight is 316 g/mol. The molecule has 0 atom stereocenters. The van der Waals surface area contributed by atoms with Crippen molar-refractivity contribution in [3.8, 4) is 5.88 Å². The Balaban J connectivity index is 1.73. The number of benzene rings is 1. The predicted octanol–water partition coefficient (Wildman–Crippen LogP) is 2.79. The van der Waals surface area contributed by atoms with E-state index in [1.165, 1.54) is 17.1 Å². The second kappa shape index (κ2) is 6.64. The van der Waals surface area contributed by atoms with Crippen molar-refractivity contribution in [2.75, 3.05) is 0 Å². The maximum Gasteiger partial charge on any atom is 0.328 e. The average Bonchev–Trinajstić information content (AvgIpc) is 3.17. The van der Waals surface area contributed by atoms with Crippen LogP contribution in [0.3, 0.4) is 0 Å². The summed E-state index contributed by atoms with van der Waals surface area (Å²) >= 11 is 0. The molecule has 2 N–H and O–H groups in total. The molecule has 1 aromatic heterocycles. The maximum atomic E-state index is 11.9. The Morgan fingerprint density at radius 2 is 1.91 bits per heavy atom. The van der Waals surface area contributed by atoms with Crippen LogP contribution in [0.1, 0.15) is 42.9 Å². The monoisotopic (exact) mass is 316 g/mol. The number of nitrogens with one attached hydrogen (secondary N) is 1. The van der Waals surface area contributed by atoms with Crippen LogP contribution in [0.4, 0.5) is 0 Å². The van der Waals surface area contributed by atoms with E-state index in [0.717, 1.165) is 24.0 Å². The number of aromatic amines is 1. The Labute approximate surface area is 134 Å². The van der Waals surface area contributed by atoms with Gasteiger partial charge in [0.2, 0.25) is 5.88 Å². The Bertz CT molecular complexity index is 735. The van der Waals surface area contributed by atoms with Crippen LogP contribution in [0.25, 0.3) is 0 Å². The molecule has 2 aromatic rings. The summed E-state index contributed by atoms with van der Waals surface area (Å²) in [5.74, 6) is 0.0270. The minimum absolute atomic E-state index is 0.0270. The molecule has 0 amide bonds. The molecule has 6 nitrogen and oxygen atoms in total. The molecule has 0 saturated carbocycles. The topological polar surface area (TPSA) is 76.5 Å². The molecule has 0 unspecified atom stereocenters. The lowest BCUT2D eigenvalue weighted by atomic mass is 10.1. The third-order valence-electron chi connectivity index (χ3n) is 3.86. The van der Waals surface area contributed by atoms with Crippen LogP contribution < -0.4 is 5.69 Å². The van der Waals surface area contributed by atoms with Crippen molar-refractivity contribution in [1.82, 2.24) is 9.55 Å². The highest BCUT2D eigenvalue weighted by atomic mass is 16.7. The van der Waals surface area contributed by atoms with Crippen LogP contribution >= 0.6 is 0 Å². The molecule has 23 heavy (non-hydrogen) atoms. The third kappa shape index (κ3) is 3.26. The van der Waals surface area contributed by atoms with Gasteiger partial charge in [-0.1, -0.05) is 37.6 Å². The zero-order chi connectivity index (χ0) is 16.2. The normalized spacial score (nSPS) is 14.0. The van der Waals surface area contributed by atoms with E-state index in [2.05, 4.69) is 4.98 Å². The van der Waals surface area contributed by atoms with Crippen LogP contribution in [0.5, 0.6) is 5.88 Å². The highest BCUT2D eigenvalue weighted by molar-refractivity contribution is 5.30. The van der Waals surface area contributed by atoms with Crippen molar-refractivity contribution in [3.63, 3.8) is 0 Å². The number of rotatable bonds is 6. The summed E-state index contributed by atoms with van der Waals surface area (Å²) in [6.07, 6.45) is 4.92. The molecule has 1 aromatic carbocycles. The fourth-order valence-electron chi connectivity index (χ4n) is 2.55. The van der Waals surface area contributed by atoms with Gasteiger partial charge in [0.15, 0.2) is 0 Å². The summed E-state index contributed by atoms with van der Waals surface area (Å²) < 4.78 is 11.9. The number of hydrogen-bond donors (Lipinski definition) is 2. The Kier molecular flexibility index (Phi) is 4.41. The van der Waals surface area contributed by atoms with Crippen LogP contribution in [0, 0.1) is 0 Å². The molecule has 0 saturated heterocycles. The SMILES string of the molecule is CCCCn1c(O)c(Cc2ccc(C3OC=CO3)cc2)[nH]c1=O. The summed E-state index contributed by atoms with van der Waals surface area (Å²) in [5, 5.41) is 10.2. The summed E-state index contributed by atoms with van der Waals surface area (Å²) in [6, 6.07) is 7.69. The van der Waals surface area contributed by atoms with E-state index in [4.69, 9.17) is 9.47 Å².